The van der Waals surface area contributed by atoms with Crippen molar-refractivity contribution in [1.29, 1.82) is 0 Å². The summed E-state index contributed by atoms with van der Waals surface area (Å²) >= 11 is 1.95. The van der Waals surface area contributed by atoms with E-state index in [1.165, 1.54) is 5.75 Å². The number of nitrogens with zero attached hydrogens (tertiary/aromatic N) is 2. The highest BCUT2D eigenvalue weighted by molar-refractivity contribution is 7.99. The zero-order valence-corrected chi connectivity index (χ0v) is 12.3. The number of pyridine rings is 1. The van der Waals surface area contributed by atoms with Gasteiger partial charge in [0, 0.05) is 25.0 Å². The van der Waals surface area contributed by atoms with E-state index >= 15 is 0 Å². The molecule has 1 aromatic rings. The predicted octanol–water partition coefficient (Wildman–Crippen LogP) is 2.59. The topological polar surface area (TPSA) is 42.4 Å². The number of carbonyl (C=O) groups excluding carboxylic acids is 1. The summed E-state index contributed by atoms with van der Waals surface area (Å²) in [7, 11) is 0. The number of hydrogen-bond donors (Lipinski definition) is 0. The second kappa shape index (κ2) is 6.80. The van der Waals surface area contributed by atoms with E-state index in [0.29, 0.717) is 5.56 Å². The number of thioether (sulfide) groups is 1. The zero-order chi connectivity index (χ0) is 13.7. The van der Waals surface area contributed by atoms with Crippen LogP contribution in [0.4, 0.5) is 5.82 Å². The monoisotopic (exact) mass is 280 g/mol. The van der Waals surface area contributed by atoms with E-state index in [1.54, 1.807) is 18.3 Å². The van der Waals surface area contributed by atoms with Gasteiger partial charge in [-0.05, 0) is 38.2 Å². The number of aromatic nitrogens is 1. The summed E-state index contributed by atoms with van der Waals surface area (Å²) in [5, 5.41) is 0. The summed E-state index contributed by atoms with van der Waals surface area (Å²) in [5.74, 6) is 2.73. The third kappa shape index (κ3) is 3.86. The summed E-state index contributed by atoms with van der Waals surface area (Å²) in [4.78, 5) is 18.7. The molecule has 0 bridgehead atoms. The first-order chi connectivity index (χ1) is 9.18. The maximum atomic E-state index is 12.1. The number of ether oxygens (including phenoxy) is 1. The SMILES string of the molecule is CC(C)OC(=O)c1cccnc1N1CCCSCC1. The van der Waals surface area contributed by atoms with Crippen LogP contribution in [0, 0.1) is 0 Å². The van der Waals surface area contributed by atoms with Crippen molar-refractivity contribution >= 4 is 23.5 Å². The lowest BCUT2D eigenvalue weighted by Crippen LogP contribution is -2.29. The Morgan fingerprint density at radius 2 is 2.26 bits per heavy atom. The fraction of sp³-hybridized carbons (Fsp3) is 0.571. The minimum absolute atomic E-state index is 0.111. The minimum Gasteiger partial charge on any atom is -0.459 e. The zero-order valence-electron chi connectivity index (χ0n) is 11.5. The van der Waals surface area contributed by atoms with Gasteiger partial charge < -0.3 is 9.64 Å². The molecule has 0 radical (unpaired) electrons. The number of carbonyl (C=O) groups is 1. The first-order valence-corrected chi connectivity index (χ1v) is 7.82. The molecule has 2 heterocycles. The van der Waals surface area contributed by atoms with Gasteiger partial charge in [0.2, 0.25) is 0 Å². The van der Waals surface area contributed by atoms with Gasteiger partial charge in [0.1, 0.15) is 11.4 Å². The highest BCUT2D eigenvalue weighted by Gasteiger charge is 2.20. The van der Waals surface area contributed by atoms with Crippen LogP contribution in [-0.2, 0) is 4.74 Å². The first-order valence-electron chi connectivity index (χ1n) is 6.67. The Kier molecular flexibility index (Phi) is 5.07. The predicted molar refractivity (Wildman–Crippen MR) is 78.9 cm³/mol. The van der Waals surface area contributed by atoms with Crippen molar-refractivity contribution in [3.63, 3.8) is 0 Å². The van der Waals surface area contributed by atoms with Crippen molar-refractivity contribution in [3.8, 4) is 0 Å². The molecule has 0 unspecified atom stereocenters. The van der Waals surface area contributed by atoms with E-state index in [4.69, 9.17) is 4.74 Å². The van der Waals surface area contributed by atoms with Gasteiger partial charge in [0.15, 0.2) is 0 Å². The number of rotatable bonds is 3. The largest absolute Gasteiger partial charge is 0.459 e. The normalized spacial score (nSPS) is 16.3. The number of anilines is 1. The second-order valence-electron chi connectivity index (χ2n) is 4.78. The molecule has 0 aromatic carbocycles. The summed E-state index contributed by atoms with van der Waals surface area (Å²) in [5.41, 5.74) is 0.572. The summed E-state index contributed by atoms with van der Waals surface area (Å²) in [6.07, 6.45) is 2.75. The fourth-order valence-electron chi connectivity index (χ4n) is 2.04. The van der Waals surface area contributed by atoms with Gasteiger partial charge in [-0.2, -0.15) is 11.8 Å². The second-order valence-corrected chi connectivity index (χ2v) is 6.01. The van der Waals surface area contributed by atoms with Crippen LogP contribution < -0.4 is 4.90 Å². The molecule has 19 heavy (non-hydrogen) atoms. The van der Waals surface area contributed by atoms with Crippen molar-refractivity contribution in [2.75, 3.05) is 29.5 Å². The van der Waals surface area contributed by atoms with Gasteiger partial charge in [0.25, 0.3) is 0 Å². The van der Waals surface area contributed by atoms with Gasteiger partial charge in [0.05, 0.1) is 6.10 Å². The smallest absolute Gasteiger partial charge is 0.342 e. The lowest BCUT2D eigenvalue weighted by Gasteiger charge is -2.23. The molecule has 0 spiro atoms. The van der Waals surface area contributed by atoms with Gasteiger partial charge in [-0.25, -0.2) is 9.78 Å². The highest BCUT2D eigenvalue weighted by atomic mass is 32.2. The molecule has 0 saturated carbocycles. The van der Waals surface area contributed by atoms with Gasteiger partial charge >= 0.3 is 5.97 Å². The molecule has 0 aliphatic carbocycles. The van der Waals surface area contributed by atoms with E-state index in [9.17, 15) is 4.79 Å². The van der Waals surface area contributed by atoms with Crippen LogP contribution in [0.2, 0.25) is 0 Å². The van der Waals surface area contributed by atoms with Gasteiger partial charge in [-0.15, -0.1) is 0 Å². The molecular formula is C14H20N2O2S. The van der Waals surface area contributed by atoms with Crippen LogP contribution >= 0.6 is 11.8 Å². The quantitative estimate of drug-likeness (QED) is 0.796. The molecule has 1 fully saturated rings. The van der Waals surface area contributed by atoms with E-state index in [-0.39, 0.29) is 12.1 Å². The molecule has 1 aromatic heterocycles. The summed E-state index contributed by atoms with van der Waals surface area (Å²) in [6.45, 7) is 5.60. The Morgan fingerprint density at radius 1 is 1.42 bits per heavy atom. The van der Waals surface area contributed by atoms with Crippen LogP contribution in [0.25, 0.3) is 0 Å². The van der Waals surface area contributed by atoms with E-state index in [0.717, 1.165) is 31.1 Å². The molecule has 5 heteroatoms. The third-order valence-corrected chi connectivity index (χ3v) is 3.92. The van der Waals surface area contributed by atoms with Crippen molar-refractivity contribution in [1.82, 2.24) is 4.98 Å². The highest BCUT2D eigenvalue weighted by Crippen LogP contribution is 2.22. The van der Waals surface area contributed by atoms with Gasteiger partial charge in [-0.3, -0.25) is 0 Å². The Balaban J connectivity index is 2.21. The fourth-order valence-corrected chi connectivity index (χ4v) is 2.93. The maximum absolute atomic E-state index is 12.1. The van der Waals surface area contributed by atoms with Gasteiger partial charge in [-0.1, -0.05) is 0 Å². The van der Waals surface area contributed by atoms with Crippen molar-refractivity contribution in [3.05, 3.63) is 23.9 Å². The molecule has 0 atom stereocenters. The van der Waals surface area contributed by atoms with Crippen LogP contribution in [-0.4, -0.2) is 41.7 Å². The molecule has 0 amide bonds. The number of esters is 1. The van der Waals surface area contributed by atoms with Crippen LogP contribution in [0.3, 0.4) is 0 Å². The minimum atomic E-state index is -0.282. The Hall–Kier alpha value is -1.23. The maximum Gasteiger partial charge on any atom is 0.342 e. The standard InChI is InChI=1S/C14H20N2O2S/c1-11(2)18-14(17)12-5-3-6-15-13(12)16-7-4-9-19-10-8-16/h3,5-6,11H,4,7-10H2,1-2H3. The molecule has 1 saturated heterocycles. The van der Waals surface area contributed by atoms with Crippen molar-refractivity contribution in [2.24, 2.45) is 0 Å². The molecule has 104 valence electrons. The lowest BCUT2D eigenvalue weighted by atomic mass is 10.2. The van der Waals surface area contributed by atoms with Crippen molar-refractivity contribution < 1.29 is 9.53 Å². The summed E-state index contributed by atoms with van der Waals surface area (Å²) < 4.78 is 5.29. The molecule has 2 rings (SSSR count). The molecule has 4 nitrogen and oxygen atoms in total. The average molecular weight is 280 g/mol. The van der Waals surface area contributed by atoms with Crippen molar-refractivity contribution in [2.45, 2.75) is 26.4 Å². The molecule has 1 aliphatic heterocycles. The van der Waals surface area contributed by atoms with Crippen LogP contribution in [0.15, 0.2) is 18.3 Å². The Labute approximate surface area is 118 Å². The first kappa shape index (κ1) is 14.2. The van der Waals surface area contributed by atoms with E-state index < -0.39 is 0 Å². The van der Waals surface area contributed by atoms with Crippen LogP contribution in [0.5, 0.6) is 0 Å². The lowest BCUT2D eigenvalue weighted by molar-refractivity contribution is 0.0378. The third-order valence-electron chi connectivity index (χ3n) is 2.87. The number of hydrogen-bond acceptors (Lipinski definition) is 5. The molecular weight excluding hydrogens is 260 g/mol. The summed E-state index contributed by atoms with van der Waals surface area (Å²) in [6, 6.07) is 3.58. The van der Waals surface area contributed by atoms with Crippen LogP contribution in [0.1, 0.15) is 30.6 Å². The Morgan fingerprint density at radius 3 is 3.05 bits per heavy atom. The van der Waals surface area contributed by atoms with E-state index in [1.807, 2.05) is 25.6 Å². The average Bonchev–Trinajstić information content (AvgIpc) is 2.66. The molecule has 1 aliphatic rings. The van der Waals surface area contributed by atoms with E-state index in [2.05, 4.69) is 9.88 Å². The Bertz CT molecular complexity index is 429. The molecule has 0 N–H and O–H groups in total.